The zero-order chi connectivity index (χ0) is 14.1. The van der Waals surface area contributed by atoms with E-state index in [4.69, 9.17) is 0 Å². The van der Waals surface area contributed by atoms with Crippen molar-refractivity contribution >= 4 is 5.57 Å². The molecule has 2 heterocycles. The largest absolute Gasteiger partial charge is 0.311 e. The molecular formula is C20H21N. The summed E-state index contributed by atoms with van der Waals surface area (Å²) in [4.78, 5) is 0. The fourth-order valence-electron chi connectivity index (χ4n) is 3.89. The van der Waals surface area contributed by atoms with Crippen LogP contribution < -0.4 is 5.32 Å². The van der Waals surface area contributed by atoms with Gasteiger partial charge in [0, 0.05) is 12.1 Å². The second-order valence-electron chi connectivity index (χ2n) is 6.26. The number of hydrogen-bond acceptors (Lipinski definition) is 1. The molecule has 1 heteroatoms. The van der Waals surface area contributed by atoms with Crippen molar-refractivity contribution < 1.29 is 0 Å². The first-order chi connectivity index (χ1) is 10.4. The van der Waals surface area contributed by atoms with E-state index < -0.39 is 0 Å². The average Bonchev–Trinajstić information content (AvgIpc) is 2.88. The topological polar surface area (TPSA) is 12.0 Å². The lowest BCUT2D eigenvalue weighted by atomic mass is 9.86. The van der Waals surface area contributed by atoms with Gasteiger partial charge in [0.1, 0.15) is 0 Å². The molecular weight excluding hydrogens is 254 g/mol. The van der Waals surface area contributed by atoms with Crippen LogP contribution in [0.1, 0.15) is 36.8 Å². The number of nitrogens with one attached hydrogen (secondary N) is 1. The highest BCUT2D eigenvalue weighted by Crippen LogP contribution is 2.37. The van der Waals surface area contributed by atoms with Crippen molar-refractivity contribution in [1.82, 2.24) is 5.32 Å². The van der Waals surface area contributed by atoms with Crippen molar-refractivity contribution in [3.05, 3.63) is 77.4 Å². The van der Waals surface area contributed by atoms with E-state index >= 15 is 0 Å². The summed E-state index contributed by atoms with van der Waals surface area (Å²) in [7, 11) is 0. The maximum atomic E-state index is 3.74. The quantitative estimate of drug-likeness (QED) is 0.856. The Kier molecular flexibility index (Phi) is 3.36. The van der Waals surface area contributed by atoms with Gasteiger partial charge < -0.3 is 5.32 Å². The van der Waals surface area contributed by atoms with Crippen LogP contribution in [0.2, 0.25) is 0 Å². The summed E-state index contributed by atoms with van der Waals surface area (Å²) in [5.41, 5.74) is 5.83. The molecule has 2 atom stereocenters. The smallest absolute Gasteiger partial charge is 0.0108 e. The van der Waals surface area contributed by atoms with Crippen LogP contribution in [0.4, 0.5) is 0 Å². The van der Waals surface area contributed by atoms with Gasteiger partial charge in [0.15, 0.2) is 0 Å². The second kappa shape index (κ2) is 5.50. The fourth-order valence-corrected chi connectivity index (χ4v) is 3.89. The Bertz CT molecular complexity index is 587. The standard InChI is InChI=1S/C20H21N/c1-3-7-15(8-4-1)20(16-9-5-2-6-10-16)17-13-18-11-12-19(14-17)21-18/h1-10,18-19,21H,11-14H2. The lowest BCUT2D eigenvalue weighted by Gasteiger charge is -2.27. The lowest BCUT2D eigenvalue weighted by Crippen LogP contribution is -2.35. The number of rotatable bonds is 2. The van der Waals surface area contributed by atoms with Gasteiger partial charge in [-0.3, -0.25) is 0 Å². The number of benzene rings is 2. The average molecular weight is 275 g/mol. The molecule has 4 rings (SSSR count). The first kappa shape index (κ1) is 12.8. The maximum Gasteiger partial charge on any atom is 0.0108 e. The van der Waals surface area contributed by atoms with E-state index in [0.29, 0.717) is 12.1 Å². The van der Waals surface area contributed by atoms with Gasteiger partial charge in [-0.15, -0.1) is 0 Å². The van der Waals surface area contributed by atoms with Crippen LogP contribution >= 0.6 is 0 Å². The molecule has 2 aliphatic rings. The van der Waals surface area contributed by atoms with E-state index in [1.165, 1.54) is 42.4 Å². The molecule has 2 fully saturated rings. The van der Waals surface area contributed by atoms with Crippen LogP contribution in [-0.2, 0) is 0 Å². The Hall–Kier alpha value is -1.86. The minimum absolute atomic E-state index is 0.696. The maximum absolute atomic E-state index is 3.74. The summed E-state index contributed by atoms with van der Waals surface area (Å²) in [6, 6.07) is 23.2. The Morgan fingerprint density at radius 2 is 1.19 bits per heavy atom. The normalized spacial score (nSPS) is 24.1. The molecule has 1 N–H and O–H groups in total. The summed E-state index contributed by atoms with van der Waals surface area (Å²) < 4.78 is 0. The highest BCUT2D eigenvalue weighted by atomic mass is 15.0. The molecule has 2 bridgehead atoms. The van der Waals surface area contributed by atoms with Crippen molar-refractivity contribution in [2.24, 2.45) is 0 Å². The van der Waals surface area contributed by atoms with Crippen molar-refractivity contribution in [1.29, 1.82) is 0 Å². The van der Waals surface area contributed by atoms with Crippen LogP contribution in [-0.4, -0.2) is 12.1 Å². The first-order valence-corrected chi connectivity index (χ1v) is 7.99. The molecule has 0 radical (unpaired) electrons. The summed E-state index contributed by atoms with van der Waals surface area (Å²) in [6.45, 7) is 0. The highest BCUT2D eigenvalue weighted by Gasteiger charge is 2.31. The summed E-state index contributed by atoms with van der Waals surface area (Å²) in [6.07, 6.45) is 5.08. The van der Waals surface area contributed by atoms with Gasteiger partial charge in [-0.1, -0.05) is 66.2 Å². The zero-order valence-electron chi connectivity index (χ0n) is 12.3. The van der Waals surface area contributed by atoms with Gasteiger partial charge >= 0.3 is 0 Å². The zero-order valence-corrected chi connectivity index (χ0v) is 12.3. The van der Waals surface area contributed by atoms with E-state index in [1.807, 2.05) is 0 Å². The van der Waals surface area contributed by atoms with Crippen molar-refractivity contribution in [2.45, 2.75) is 37.8 Å². The van der Waals surface area contributed by atoms with Gasteiger partial charge in [0.05, 0.1) is 0 Å². The number of piperidine rings is 1. The molecule has 0 aromatic heterocycles. The van der Waals surface area contributed by atoms with Gasteiger partial charge in [0.25, 0.3) is 0 Å². The van der Waals surface area contributed by atoms with Crippen LogP contribution in [0, 0.1) is 0 Å². The highest BCUT2D eigenvalue weighted by molar-refractivity contribution is 5.82. The Morgan fingerprint density at radius 1 is 0.714 bits per heavy atom. The molecule has 2 aliphatic heterocycles. The third-order valence-electron chi connectivity index (χ3n) is 4.80. The van der Waals surface area contributed by atoms with E-state index in [1.54, 1.807) is 5.57 Å². The van der Waals surface area contributed by atoms with Crippen LogP contribution in [0.5, 0.6) is 0 Å². The molecule has 2 saturated heterocycles. The van der Waals surface area contributed by atoms with Crippen molar-refractivity contribution in [3.8, 4) is 0 Å². The summed E-state index contributed by atoms with van der Waals surface area (Å²) in [5, 5.41) is 3.74. The van der Waals surface area contributed by atoms with Crippen LogP contribution in [0.25, 0.3) is 5.57 Å². The molecule has 2 aromatic rings. The molecule has 106 valence electrons. The van der Waals surface area contributed by atoms with E-state index in [0.717, 1.165) is 0 Å². The Balaban J connectivity index is 1.84. The van der Waals surface area contributed by atoms with Crippen molar-refractivity contribution in [2.75, 3.05) is 0 Å². The molecule has 1 nitrogen and oxygen atoms in total. The van der Waals surface area contributed by atoms with E-state index in [2.05, 4.69) is 66.0 Å². The van der Waals surface area contributed by atoms with Crippen molar-refractivity contribution in [3.63, 3.8) is 0 Å². The SMILES string of the molecule is c1ccc(C(=C2CC3CCC(C2)N3)c2ccccc2)cc1. The predicted octanol–water partition coefficient (Wildman–Crippen LogP) is 4.40. The van der Waals surface area contributed by atoms with Crippen LogP contribution in [0.15, 0.2) is 66.2 Å². The van der Waals surface area contributed by atoms with Gasteiger partial charge in [-0.25, -0.2) is 0 Å². The fraction of sp³-hybridized carbons (Fsp3) is 0.300. The van der Waals surface area contributed by atoms with E-state index in [9.17, 15) is 0 Å². The number of hydrogen-bond donors (Lipinski definition) is 1. The predicted molar refractivity (Wildman–Crippen MR) is 88.1 cm³/mol. The van der Waals surface area contributed by atoms with Gasteiger partial charge in [0.2, 0.25) is 0 Å². The molecule has 2 unspecified atom stereocenters. The molecule has 2 aromatic carbocycles. The summed E-state index contributed by atoms with van der Waals surface area (Å²) >= 11 is 0. The molecule has 0 saturated carbocycles. The van der Waals surface area contributed by atoms with E-state index in [-0.39, 0.29) is 0 Å². The minimum atomic E-state index is 0.696. The third-order valence-corrected chi connectivity index (χ3v) is 4.80. The molecule has 0 amide bonds. The summed E-state index contributed by atoms with van der Waals surface area (Å²) in [5.74, 6) is 0. The second-order valence-corrected chi connectivity index (χ2v) is 6.26. The first-order valence-electron chi connectivity index (χ1n) is 7.99. The monoisotopic (exact) mass is 275 g/mol. The molecule has 21 heavy (non-hydrogen) atoms. The Labute approximate surface area is 126 Å². The van der Waals surface area contributed by atoms with Gasteiger partial charge in [-0.2, -0.15) is 0 Å². The van der Waals surface area contributed by atoms with Gasteiger partial charge in [-0.05, 0) is 42.4 Å². The third kappa shape index (κ3) is 2.54. The Morgan fingerprint density at radius 3 is 1.67 bits per heavy atom. The molecule has 0 aliphatic carbocycles. The number of fused-ring (bicyclic) bond motifs is 2. The van der Waals surface area contributed by atoms with Crippen LogP contribution in [0.3, 0.4) is 0 Å². The minimum Gasteiger partial charge on any atom is -0.311 e. The molecule has 0 spiro atoms. The lowest BCUT2D eigenvalue weighted by molar-refractivity contribution is 0.475.